The molecule has 0 saturated carbocycles. The summed E-state index contributed by atoms with van der Waals surface area (Å²) in [5.74, 6) is 0. The lowest BCUT2D eigenvalue weighted by atomic mass is 9.90. The normalized spacial score (nSPS) is 11.4. The number of nitro benzene ring substituents is 2. The van der Waals surface area contributed by atoms with Crippen molar-refractivity contribution in [1.82, 2.24) is 0 Å². The highest BCUT2D eigenvalue weighted by Gasteiger charge is 2.33. The molecule has 3 aromatic carbocycles. The van der Waals surface area contributed by atoms with Gasteiger partial charge in [0.2, 0.25) is 0 Å². The largest absolute Gasteiger partial charge is 0.270 e. The van der Waals surface area contributed by atoms with Gasteiger partial charge in [0.1, 0.15) is 0 Å². The SMILES string of the molecule is [C-]#[N+]C(C#N)=c1c2c(c(=C(C#N)[N+]#[C-])c3c1Cc1cc([N+](=O)[O-])ccc1-3)-c1ccc([N+](=O)[O-])cc1C2. The average molecular weight is 470 g/mol. The van der Waals surface area contributed by atoms with Crippen LogP contribution >= 0.6 is 0 Å². The molecule has 0 aromatic heterocycles. The van der Waals surface area contributed by atoms with Crippen molar-refractivity contribution in [3.8, 4) is 34.4 Å². The molecule has 0 aliphatic heterocycles. The second-order valence-corrected chi connectivity index (χ2v) is 8.15. The zero-order valence-electron chi connectivity index (χ0n) is 18.2. The molecule has 36 heavy (non-hydrogen) atoms. The van der Waals surface area contributed by atoms with E-state index in [1.165, 1.54) is 24.3 Å². The molecule has 0 radical (unpaired) electrons. The molecule has 2 aliphatic rings. The van der Waals surface area contributed by atoms with Crippen molar-refractivity contribution >= 4 is 22.8 Å². The Morgan fingerprint density at radius 2 is 1.19 bits per heavy atom. The van der Waals surface area contributed by atoms with Crippen LogP contribution in [0.5, 0.6) is 0 Å². The Kier molecular flexibility index (Phi) is 4.81. The third-order valence-electron chi connectivity index (χ3n) is 6.49. The Morgan fingerprint density at radius 3 is 1.56 bits per heavy atom. The van der Waals surface area contributed by atoms with Crippen LogP contribution in [-0.4, -0.2) is 9.85 Å². The smallest absolute Gasteiger partial charge is 0.258 e. The van der Waals surface area contributed by atoms with Gasteiger partial charge >= 0.3 is 0 Å². The van der Waals surface area contributed by atoms with E-state index in [4.69, 9.17) is 13.1 Å². The van der Waals surface area contributed by atoms with Gasteiger partial charge in [-0.05, 0) is 74.7 Å². The second-order valence-electron chi connectivity index (χ2n) is 8.15. The van der Waals surface area contributed by atoms with Gasteiger partial charge in [0, 0.05) is 29.5 Å². The molecule has 0 N–H and O–H groups in total. The van der Waals surface area contributed by atoms with Crippen LogP contribution < -0.4 is 10.4 Å². The lowest BCUT2D eigenvalue weighted by molar-refractivity contribution is -0.385. The van der Waals surface area contributed by atoms with Gasteiger partial charge in [-0.1, -0.05) is 0 Å². The Bertz CT molecular complexity index is 1760. The number of benzene rings is 3. The molecule has 2 aliphatic carbocycles. The summed E-state index contributed by atoms with van der Waals surface area (Å²) in [6.45, 7) is 15.3. The summed E-state index contributed by atoms with van der Waals surface area (Å²) in [5.41, 5.74) is 3.67. The van der Waals surface area contributed by atoms with E-state index in [9.17, 15) is 30.8 Å². The first-order valence-electron chi connectivity index (χ1n) is 10.4. The standard InChI is InChI=1S/C26H10N6O4/c1-29-21(11-27)23-19-9-13-7-15(31(33)34)3-5-17(13)24(19)26(22(12-28)30-2)25-18-6-4-16(32(35)36)8-14(18)10-20(23)25/h3-8H,9-10H2. The fourth-order valence-corrected chi connectivity index (χ4v) is 5.15. The molecular weight excluding hydrogens is 460 g/mol. The zero-order chi connectivity index (χ0) is 25.7. The maximum Gasteiger partial charge on any atom is 0.270 e. The molecule has 0 unspecified atom stereocenters. The van der Waals surface area contributed by atoms with E-state index in [0.29, 0.717) is 54.9 Å². The van der Waals surface area contributed by atoms with Crippen molar-refractivity contribution < 1.29 is 9.85 Å². The first-order chi connectivity index (χ1) is 17.3. The molecule has 10 heteroatoms. The molecule has 0 saturated heterocycles. The molecule has 168 valence electrons. The first kappa shape index (κ1) is 22.0. The van der Waals surface area contributed by atoms with Gasteiger partial charge < -0.3 is 0 Å². The third-order valence-corrected chi connectivity index (χ3v) is 6.49. The fourth-order valence-electron chi connectivity index (χ4n) is 5.15. The molecular formula is C26H10N6O4. The van der Waals surface area contributed by atoms with Crippen LogP contribution in [0.2, 0.25) is 0 Å². The minimum Gasteiger partial charge on any atom is -0.258 e. The summed E-state index contributed by atoms with van der Waals surface area (Å²) in [5, 5.41) is 43.0. The number of fused-ring (bicyclic) bond motifs is 6. The maximum atomic E-state index is 11.4. The number of nitro groups is 2. The summed E-state index contributed by atoms with van der Waals surface area (Å²) in [6, 6.07) is 12.5. The van der Waals surface area contributed by atoms with Gasteiger partial charge in [-0.25, -0.2) is 20.2 Å². The van der Waals surface area contributed by atoms with E-state index >= 15 is 0 Å². The Labute approximate surface area is 202 Å². The number of rotatable bonds is 2. The Morgan fingerprint density at radius 1 is 0.778 bits per heavy atom. The van der Waals surface area contributed by atoms with E-state index in [-0.39, 0.29) is 35.6 Å². The van der Waals surface area contributed by atoms with Gasteiger partial charge in [0.25, 0.3) is 22.8 Å². The maximum absolute atomic E-state index is 11.4. The number of nitrogens with zero attached hydrogens (tertiary/aromatic N) is 6. The molecule has 0 amide bonds. The van der Waals surface area contributed by atoms with Crippen molar-refractivity contribution in [2.45, 2.75) is 12.8 Å². The van der Waals surface area contributed by atoms with Gasteiger partial charge in [0.15, 0.2) is 0 Å². The monoisotopic (exact) mass is 470 g/mol. The topological polar surface area (TPSA) is 143 Å². The number of nitriles is 2. The molecule has 10 nitrogen and oxygen atoms in total. The summed E-state index contributed by atoms with van der Waals surface area (Å²) in [6.07, 6.45) is 0.325. The second kappa shape index (κ2) is 7.88. The van der Waals surface area contributed by atoms with Crippen molar-refractivity contribution in [2.75, 3.05) is 0 Å². The van der Waals surface area contributed by atoms with Gasteiger partial charge in [-0.3, -0.25) is 20.2 Å². The summed E-state index contributed by atoms with van der Waals surface area (Å²) in [4.78, 5) is 28.6. The van der Waals surface area contributed by atoms with Crippen molar-refractivity contribution in [1.29, 1.82) is 10.5 Å². The van der Waals surface area contributed by atoms with Gasteiger partial charge in [0.05, 0.1) is 35.1 Å². The van der Waals surface area contributed by atoms with Crippen LogP contribution in [0.15, 0.2) is 36.4 Å². The van der Waals surface area contributed by atoms with Gasteiger partial charge in [-0.15, -0.1) is 0 Å². The fraction of sp³-hybridized carbons (Fsp3) is 0.0769. The minimum absolute atomic E-state index is 0.126. The number of hydrogen-bond acceptors (Lipinski definition) is 6. The highest BCUT2D eigenvalue weighted by atomic mass is 16.6. The average Bonchev–Trinajstić information content (AvgIpc) is 3.43. The van der Waals surface area contributed by atoms with E-state index in [2.05, 4.69) is 9.69 Å². The predicted molar refractivity (Wildman–Crippen MR) is 127 cm³/mol. The third kappa shape index (κ3) is 2.93. The molecule has 0 spiro atoms. The van der Waals surface area contributed by atoms with E-state index in [1.807, 2.05) is 12.1 Å². The van der Waals surface area contributed by atoms with Crippen LogP contribution in [0.25, 0.3) is 43.3 Å². The molecule has 0 heterocycles. The molecule has 5 rings (SSSR count). The molecule has 3 aromatic rings. The highest BCUT2D eigenvalue weighted by molar-refractivity contribution is 5.93. The number of non-ortho nitro benzene ring substituents is 2. The Hall–Kier alpha value is -5.84. The number of hydrogen-bond donors (Lipinski definition) is 0. The summed E-state index contributed by atoms with van der Waals surface area (Å²) in [7, 11) is 0. The highest BCUT2D eigenvalue weighted by Crippen LogP contribution is 2.42. The van der Waals surface area contributed by atoms with E-state index in [0.717, 1.165) is 0 Å². The Balaban J connectivity index is 2.05. The molecule has 0 fully saturated rings. The molecule has 0 bridgehead atoms. The first-order valence-corrected chi connectivity index (χ1v) is 10.4. The van der Waals surface area contributed by atoms with E-state index in [1.54, 1.807) is 12.1 Å². The minimum atomic E-state index is -0.522. The lowest BCUT2D eigenvalue weighted by Crippen LogP contribution is -2.25. The van der Waals surface area contributed by atoms with Crippen molar-refractivity contribution in [2.24, 2.45) is 0 Å². The zero-order valence-corrected chi connectivity index (χ0v) is 18.2. The van der Waals surface area contributed by atoms with Crippen LogP contribution in [0.4, 0.5) is 11.4 Å². The van der Waals surface area contributed by atoms with Crippen molar-refractivity contribution in [3.05, 3.63) is 112 Å². The summed E-state index contributed by atoms with van der Waals surface area (Å²) < 4.78 is 0. The van der Waals surface area contributed by atoms with Crippen LogP contribution in [0.1, 0.15) is 22.3 Å². The predicted octanol–water partition coefficient (Wildman–Crippen LogP) is 3.75. The quantitative estimate of drug-likeness (QED) is 0.218. The van der Waals surface area contributed by atoms with Gasteiger partial charge in [-0.2, -0.15) is 0 Å². The molecule has 0 atom stereocenters. The summed E-state index contributed by atoms with van der Waals surface area (Å²) >= 11 is 0. The van der Waals surface area contributed by atoms with Crippen molar-refractivity contribution in [3.63, 3.8) is 0 Å². The van der Waals surface area contributed by atoms with Crippen LogP contribution in [-0.2, 0) is 12.8 Å². The van der Waals surface area contributed by atoms with E-state index < -0.39 is 9.85 Å². The lowest BCUT2D eigenvalue weighted by Gasteiger charge is -2.13. The van der Waals surface area contributed by atoms with Crippen LogP contribution in [0, 0.1) is 56.0 Å². The van der Waals surface area contributed by atoms with Crippen LogP contribution in [0.3, 0.4) is 0 Å².